The normalized spacial score (nSPS) is 15.9. The van der Waals surface area contributed by atoms with Gasteiger partial charge in [0.15, 0.2) is 16.3 Å². The van der Waals surface area contributed by atoms with E-state index in [-0.39, 0.29) is 16.6 Å². The first kappa shape index (κ1) is 28.4. The van der Waals surface area contributed by atoms with Gasteiger partial charge < -0.3 is 14.0 Å². The monoisotopic (exact) mass is 625 g/mol. The summed E-state index contributed by atoms with van der Waals surface area (Å²) in [6.45, 7) is 3.92. The van der Waals surface area contributed by atoms with Crippen LogP contribution in [0.1, 0.15) is 46.1 Å². The van der Waals surface area contributed by atoms with Crippen molar-refractivity contribution in [2.75, 3.05) is 14.2 Å². The van der Waals surface area contributed by atoms with E-state index in [1.54, 1.807) is 26.4 Å². The Kier molecular flexibility index (Phi) is 7.06. The Hall–Kier alpha value is -4.40. The summed E-state index contributed by atoms with van der Waals surface area (Å²) in [5, 5.41) is 0.0758. The van der Waals surface area contributed by atoms with Crippen molar-refractivity contribution in [3.8, 4) is 17.2 Å². The van der Waals surface area contributed by atoms with Gasteiger partial charge in [0.25, 0.3) is 5.56 Å². The second-order valence-corrected chi connectivity index (χ2v) is 12.4. The van der Waals surface area contributed by atoms with Gasteiger partial charge in [-0.2, -0.15) is 0 Å². The van der Waals surface area contributed by atoms with Crippen LogP contribution in [0, 0.1) is 19.7 Å². The van der Waals surface area contributed by atoms with Crippen LogP contribution in [0.5, 0.6) is 11.5 Å². The summed E-state index contributed by atoms with van der Waals surface area (Å²) in [6, 6.07) is 20.6. The number of rotatable bonds is 5. The SMILES string of the molecule is COc1ccc([C@@H]2C3=C(N=c4s/c(=C\c5cc(C)n(-c6ccc(Cl)c(F)c6)c5C)c(=O)n42)c2ccccc2CC3)cc1OC. The Bertz CT molecular complexity index is 2190. The molecular formula is C35H29ClFN3O3S. The maximum Gasteiger partial charge on any atom is 0.271 e. The number of nitrogens with zero attached hydrogens (tertiary/aromatic N) is 3. The number of aromatic nitrogens is 2. The molecule has 7 rings (SSSR count). The van der Waals surface area contributed by atoms with Crippen LogP contribution in [0.2, 0.25) is 5.02 Å². The topological polar surface area (TPSA) is 57.8 Å². The average Bonchev–Trinajstić information content (AvgIpc) is 3.50. The molecule has 0 amide bonds. The number of aryl methyl sites for hydroxylation is 2. The molecule has 0 fully saturated rings. The van der Waals surface area contributed by atoms with Crippen molar-refractivity contribution in [1.82, 2.24) is 9.13 Å². The van der Waals surface area contributed by atoms with Crippen LogP contribution in [-0.2, 0) is 6.42 Å². The fourth-order valence-corrected chi connectivity index (χ4v) is 7.55. The highest BCUT2D eigenvalue weighted by atomic mass is 35.5. The lowest BCUT2D eigenvalue weighted by atomic mass is 9.83. The molecule has 9 heteroatoms. The van der Waals surface area contributed by atoms with Crippen LogP contribution < -0.4 is 24.4 Å². The minimum Gasteiger partial charge on any atom is -0.493 e. The van der Waals surface area contributed by atoms with Crippen LogP contribution in [0.15, 0.2) is 82.1 Å². The number of ether oxygens (including phenoxy) is 2. The number of fused-ring (bicyclic) bond motifs is 3. The minimum absolute atomic E-state index is 0.0758. The lowest BCUT2D eigenvalue weighted by Gasteiger charge is -2.31. The van der Waals surface area contributed by atoms with Crippen molar-refractivity contribution in [3.05, 3.63) is 136 Å². The van der Waals surface area contributed by atoms with Gasteiger partial charge in [0.1, 0.15) is 5.82 Å². The number of hydrogen-bond acceptors (Lipinski definition) is 5. The predicted molar refractivity (Wildman–Crippen MR) is 173 cm³/mol. The zero-order chi connectivity index (χ0) is 30.7. The first-order valence-corrected chi connectivity index (χ1v) is 15.5. The molecule has 0 saturated carbocycles. The number of halogens is 2. The molecule has 0 N–H and O–H groups in total. The Morgan fingerprint density at radius 2 is 1.80 bits per heavy atom. The first-order valence-electron chi connectivity index (χ1n) is 14.3. The predicted octanol–water partition coefficient (Wildman–Crippen LogP) is 6.54. The van der Waals surface area contributed by atoms with E-state index >= 15 is 0 Å². The van der Waals surface area contributed by atoms with Gasteiger partial charge in [0, 0.05) is 22.6 Å². The second kappa shape index (κ2) is 10.9. The van der Waals surface area contributed by atoms with Crippen molar-refractivity contribution in [2.45, 2.75) is 32.7 Å². The van der Waals surface area contributed by atoms with Gasteiger partial charge in [-0.3, -0.25) is 9.36 Å². The molecule has 1 atom stereocenters. The van der Waals surface area contributed by atoms with Crippen molar-refractivity contribution in [1.29, 1.82) is 0 Å². The van der Waals surface area contributed by atoms with Gasteiger partial charge in [0.2, 0.25) is 0 Å². The van der Waals surface area contributed by atoms with E-state index in [1.807, 2.05) is 59.4 Å². The summed E-state index contributed by atoms with van der Waals surface area (Å²) in [4.78, 5) is 20.1. The molecule has 0 spiro atoms. The molecule has 2 aliphatic rings. The van der Waals surface area contributed by atoms with Gasteiger partial charge in [0.05, 0.1) is 35.5 Å². The highest BCUT2D eigenvalue weighted by Gasteiger charge is 2.33. The zero-order valence-corrected chi connectivity index (χ0v) is 26.2. The summed E-state index contributed by atoms with van der Waals surface area (Å²) in [7, 11) is 3.23. The number of benzene rings is 3. The van der Waals surface area contributed by atoms with Crippen LogP contribution in [-0.4, -0.2) is 23.4 Å². The van der Waals surface area contributed by atoms with Crippen LogP contribution in [0.3, 0.4) is 0 Å². The molecular weight excluding hydrogens is 597 g/mol. The van der Waals surface area contributed by atoms with Gasteiger partial charge in [-0.05, 0) is 91.4 Å². The van der Waals surface area contributed by atoms with E-state index < -0.39 is 5.82 Å². The second-order valence-electron chi connectivity index (χ2n) is 11.0. The summed E-state index contributed by atoms with van der Waals surface area (Å²) in [5.41, 5.74) is 8.57. The van der Waals surface area contributed by atoms with Crippen molar-refractivity contribution in [3.63, 3.8) is 0 Å². The Balaban J connectivity index is 1.43. The highest BCUT2D eigenvalue weighted by Crippen LogP contribution is 2.42. The third kappa shape index (κ3) is 4.52. The molecule has 1 aliphatic heterocycles. The molecule has 5 aromatic rings. The molecule has 2 aromatic heterocycles. The fourth-order valence-electron chi connectivity index (χ4n) is 6.44. The van der Waals surface area contributed by atoms with Crippen LogP contribution in [0.4, 0.5) is 4.39 Å². The van der Waals surface area contributed by atoms with Crippen molar-refractivity contribution in [2.24, 2.45) is 4.99 Å². The maximum atomic E-state index is 14.3. The molecule has 0 unspecified atom stereocenters. The lowest BCUT2D eigenvalue weighted by molar-refractivity contribution is 0.354. The smallest absolute Gasteiger partial charge is 0.271 e. The highest BCUT2D eigenvalue weighted by molar-refractivity contribution is 7.07. The van der Waals surface area contributed by atoms with E-state index in [0.717, 1.165) is 52.2 Å². The Morgan fingerprint density at radius 3 is 2.57 bits per heavy atom. The molecule has 6 nitrogen and oxygen atoms in total. The standard InChI is InChI=1S/C35H29ClFN3O3S/c1-19-15-23(20(2)39(19)24-11-13-27(36)28(37)18-24)17-31-34(41)40-33(22-10-14-29(42-3)30(16-22)43-4)26-12-9-21-7-5-6-8-25(21)32(26)38-35(40)44-31/h5-8,10-11,13-18,33H,9,12H2,1-4H3/b31-17-/t33-/m1/s1. The molecule has 0 saturated heterocycles. The summed E-state index contributed by atoms with van der Waals surface area (Å²) in [5.74, 6) is 0.753. The lowest BCUT2D eigenvalue weighted by Crippen LogP contribution is -2.38. The third-order valence-electron chi connectivity index (χ3n) is 8.51. The van der Waals surface area contributed by atoms with Gasteiger partial charge in [-0.1, -0.05) is 53.3 Å². The molecule has 0 bridgehead atoms. The molecule has 3 aromatic carbocycles. The summed E-state index contributed by atoms with van der Waals surface area (Å²) in [6.07, 6.45) is 3.57. The number of hydrogen-bond donors (Lipinski definition) is 0. The van der Waals surface area contributed by atoms with E-state index in [9.17, 15) is 9.18 Å². The molecule has 0 radical (unpaired) electrons. The minimum atomic E-state index is -0.479. The largest absolute Gasteiger partial charge is 0.493 e. The third-order valence-corrected chi connectivity index (χ3v) is 9.80. The number of thiazole rings is 1. The van der Waals surface area contributed by atoms with E-state index in [2.05, 4.69) is 18.2 Å². The quantitative estimate of drug-likeness (QED) is 0.223. The zero-order valence-electron chi connectivity index (χ0n) is 24.7. The molecule has 44 heavy (non-hydrogen) atoms. The van der Waals surface area contributed by atoms with E-state index in [0.29, 0.717) is 26.5 Å². The fraction of sp³-hybridized carbons (Fsp3) is 0.200. The number of methoxy groups -OCH3 is 2. The Labute approximate surface area is 262 Å². The van der Waals surface area contributed by atoms with Crippen molar-refractivity contribution >= 4 is 34.7 Å². The average molecular weight is 626 g/mol. The van der Waals surface area contributed by atoms with Crippen molar-refractivity contribution < 1.29 is 13.9 Å². The van der Waals surface area contributed by atoms with E-state index in [1.165, 1.54) is 23.0 Å². The summed E-state index contributed by atoms with van der Waals surface area (Å²) >= 11 is 7.32. The molecule has 222 valence electrons. The molecule has 1 aliphatic carbocycles. The van der Waals surface area contributed by atoms with Gasteiger partial charge >= 0.3 is 0 Å². The van der Waals surface area contributed by atoms with Crippen LogP contribution in [0.25, 0.3) is 17.5 Å². The molecule has 3 heterocycles. The maximum absolute atomic E-state index is 14.3. The number of allylic oxidation sites excluding steroid dienone is 1. The van der Waals surface area contributed by atoms with Gasteiger partial charge in [-0.15, -0.1) is 0 Å². The van der Waals surface area contributed by atoms with E-state index in [4.69, 9.17) is 26.1 Å². The Morgan fingerprint density at radius 1 is 1.00 bits per heavy atom. The summed E-state index contributed by atoms with van der Waals surface area (Å²) < 4.78 is 29.8. The van der Waals surface area contributed by atoms with Gasteiger partial charge in [-0.25, -0.2) is 9.38 Å². The first-order chi connectivity index (χ1) is 21.3. The van der Waals surface area contributed by atoms with Crippen LogP contribution >= 0.6 is 22.9 Å².